The minimum atomic E-state index is -1.03. The van der Waals surface area contributed by atoms with Crippen molar-refractivity contribution in [3.63, 3.8) is 0 Å². The van der Waals surface area contributed by atoms with Crippen LogP contribution in [0.25, 0.3) is 0 Å². The molecule has 1 saturated heterocycles. The van der Waals surface area contributed by atoms with Crippen molar-refractivity contribution >= 4 is 33.7 Å². The van der Waals surface area contributed by atoms with E-state index in [1.54, 1.807) is 11.0 Å². The minimum Gasteiger partial charge on any atom is -0.480 e. The summed E-state index contributed by atoms with van der Waals surface area (Å²) in [5.41, 5.74) is 0. The Balaban J connectivity index is 2.04. The Morgan fingerprint density at radius 3 is 2.70 bits per heavy atom. The summed E-state index contributed by atoms with van der Waals surface area (Å²) in [6, 6.07) is 1.50. The molecule has 1 unspecified atom stereocenters. The van der Waals surface area contributed by atoms with Crippen molar-refractivity contribution in [3.05, 3.63) is 22.6 Å². The number of carboxylic acids is 1. The summed E-state index contributed by atoms with van der Waals surface area (Å²) in [6.07, 6.45) is 3.38. The maximum Gasteiger partial charge on any atom is 0.323 e. The SMILES string of the molecule is CC(=O)N(CC(=O)O)C1CCCN(C(=O)c2occc2Br)CC1. The van der Waals surface area contributed by atoms with Crippen molar-refractivity contribution < 1.29 is 23.9 Å². The highest BCUT2D eigenvalue weighted by molar-refractivity contribution is 9.10. The van der Waals surface area contributed by atoms with Gasteiger partial charge in [0, 0.05) is 26.1 Å². The van der Waals surface area contributed by atoms with Crippen LogP contribution in [0.4, 0.5) is 0 Å². The molecule has 0 spiro atoms. The molecule has 2 rings (SSSR count). The third-order valence-corrected chi connectivity index (χ3v) is 4.57. The molecule has 7 nitrogen and oxygen atoms in total. The summed E-state index contributed by atoms with van der Waals surface area (Å²) >= 11 is 3.27. The van der Waals surface area contributed by atoms with Gasteiger partial charge in [-0.15, -0.1) is 0 Å². The van der Waals surface area contributed by atoms with E-state index in [1.165, 1.54) is 18.1 Å². The molecule has 1 aromatic rings. The van der Waals surface area contributed by atoms with E-state index in [0.717, 1.165) is 0 Å². The van der Waals surface area contributed by atoms with Gasteiger partial charge in [-0.25, -0.2) is 0 Å². The van der Waals surface area contributed by atoms with Crippen LogP contribution in [0.15, 0.2) is 21.2 Å². The summed E-state index contributed by atoms with van der Waals surface area (Å²) in [4.78, 5) is 38.1. The van der Waals surface area contributed by atoms with Gasteiger partial charge in [-0.2, -0.15) is 0 Å². The number of halogens is 1. The van der Waals surface area contributed by atoms with Crippen LogP contribution in [0, 0.1) is 0 Å². The van der Waals surface area contributed by atoms with E-state index in [0.29, 0.717) is 36.8 Å². The Morgan fingerprint density at radius 2 is 2.13 bits per heavy atom. The predicted octanol–water partition coefficient (Wildman–Crippen LogP) is 1.97. The first kappa shape index (κ1) is 17.5. The highest BCUT2D eigenvalue weighted by Gasteiger charge is 2.29. The molecule has 2 amide bonds. The molecule has 2 heterocycles. The highest BCUT2D eigenvalue weighted by atomic mass is 79.9. The number of rotatable bonds is 4. The van der Waals surface area contributed by atoms with Crippen LogP contribution in [0.5, 0.6) is 0 Å². The first-order chi connectivity index (χ1) is 10.9. The highest BCUT2D eigenvalue weighted by Crippen LogP contribution is 2.23. The fraction of sp³-hybridized carbons (Fsp3) is 0.533. The van der Waals surface area contributed by atoms with Gasteiger partial charge in [-0.05, 0) is 41.3 Å². The minimum absolute atomic E-state index is 0.165. The Hall–Kier alpha value is -1.83. The monoisotopic (exact) mass is 386 g/mol. The van der Waals surface area contributed by atoms with E-state index in [2.05, 4.69) is 15.9 Å². The van der Waals surface area contributed by atoms with Gasteiger partial charge in [0.2, 0.25) is 11.7 Å². The smallest absolute Gasteiger partial charge is 0.323 e. The quantitative estimate of drug-likeness (QED) is 0.853. The van der Waals surface area contributed by atoms with Gasteiger partial charge < -0.3 is 19.3 Å². The Labute approximate surface area is 142 Å². The summed E-state index contributed by atoms with van der Waals surface area (Å²) in [7, 11) is 0. The van der Waals surface area contributed by atoms with Crippen molar-refractivity contribution in [2.45, 2.75) is 32.2 Å². The van der Waals surface area contributed by atoms with Crippen molar-refractivity contribution in [3.8, 4) is 0 Å². The molecule has 8 heteroatoms. The van der Waals surface area contributed by atoms with Gasteiger partial charge >= 0.3 is 5.97 Å². The molecule has 1 aliphatic heterocycles. The van der Waals surface area contributed by atoms with Crippen LogP contribution in [-0.4, -0.2) is 58.4 Å². The molecular weight excluding hydrogens is 368 g/mol. The lowest BCUT2D eigenvalue weighted by atomic mass is 10.1. The topological polar surface area (TPSA) is 91.1 Å². The second-order valence-corrected chi connectivity index (χ2v) is 6.37. The predicted molar refractivity (Wildman–Crippen MR) is 85.0 cm³/mol. The lowest BCUT2D eigenvalue weighted by molar-refractivity contribution is -0.145. The zero-order chi connectivity index (χ0) is 17.0. The average molecular weight is 387 g/mol. The molecule has 1 N–H and O–H groups in total. The number of hydrogen-bond acceptors (Lipinski definition) is 4. The first-order valence-corrected chi connectivity index (χ1v) is 8.20. The van der Waals surface area contributed by atoms with Crippen LogP contribution in [0.3, 0.4) is 0 Å². The normalized spacial score (nSPS) is 18.3. The lowest BCUT2D eigenvalue weighted by Gasteiger charge is -2.28. The molecule has 126 valence electrons. The van der Waals surface area contributed by atoms with E-state index in [-0.39, 0.29) is 30.2 Å². The second-order valence-electron chi connectivity index (χ2n) is 5.52. The lowest BCUT2D eigenvalue weighted by Crippen LogP contribution is -2.43. The maximum absolute atomic E-state index is 12.5. The summed E-state index contributed by atoms with van der Waals surface area (Å²) in [6.45, 7) is 2.08. The number of carbonyl (C=O) groups is 3. The zero-order valence-corrected chi connectivity index (χ0v) is 14.4. The first-order valence-electron chi connectivity index (χ1n) is 7.41. The van der Waals surface area contributed by atoms with Gasteiger partial charge in [0.25, 0.3) is 5.91 Å². The number of furan rings is 1. The average Bonchev–Trinajstić information content (AvgIpc) is 2.77. The number of amides is 2. The van der Waals surface area contributed by atoms with E-state index >= 15 is 0 Å². The molecule has 0 aliphatic carbocycles. The third kappa shape index (κ3) is 4.34. The van der Waals surface area contributed by atoms with E-state index in [1.807, 2.05) is 0 Å². The van der Waals surface area contributed by atoms with Gasteiger partial charge in [0.05, 0.1) is 10.7 Å². The van der Waals surface area contributed by atoms with Crippen LogP contribution in [0.1, 0.15) is 36.7 Å². The molecule has 1 aromatic heterocycles. The third-order valence-electron chi connectivity index (χ3n) is 3.95. The fourth-order valence-electron chi connectivity index (χ4n) is 2.83. The number of hydrogen-bond donors (Lipinski definition) is 1. The van der Waals surface area contributed by atoms with Gasteiger partial charge in [0.1, 0.15) is 6.54 Å². The van der Waals surface area contributed by atoms with Gasteiger partial charge in [-0.3, -0.25) is 14.4 Å². The van der Waals surface area contributed by atoms with Crippen LogP contribution >= 0.6 is 15.9 Å². The molecule has 0 bridgehead atoms. The Bertz CT molecular complexity index is 600. The summed E-state index contributed by atoms with van der Waals surface area (Å²) in [5, 5.41) is 8.95. The van der Waals surface area contributed by atoms with Crippen molar-refractivity contribution in [2.75, 3.05) is 19.6 Å². The molecule has 1 atom stereocenters. The number of carbonyl (C=O) groups excluding carboxylic acids is 2. The van der Waals surface area contributed by atoms with Crippen LogP contribution in [-0.2, 0) is 9.59 Å². The maximum atomic E-state index is 12.5. The molecule has 0 radical (unpaired) electrons. The molecule has 1 fully saturated rings. The van der Waals surface area contributed by atoms with Crippen molar-refractivity contribution in [2.24, 2.45) is 0 Å². The Kier molecular flexibility index (Phi) is 5.81. The van der Waals surface area contributed by atoms with E-state index in [9.17, 15) is 14.4 Å². The van der Waals surface area contributed by atoms with Crippen LogP contribution in [0.2, 0.25) is 0 Å². The molecule has 1 aliphatic rings. The van der Waals surface area contributed by atoms with Crippen LogP contribution < -0.4 is 0 Å². The van der Waals surface area contributed by atoms with Crippen molar-refractivity contribution in [1.29, 1.82) is 0 Å². The number of nitrogens with zero attached hydrogens (tertiary/aromatic N) is 2. The van der Waals surface area contributed by atoms with Gasteiger partial charge in [0.15, 0.2) is 0 Å². The number of carboxylic acid groups (broad SMARTS) is 1. The largest absolute Gasteiger partial charge is 0.480 e. The molecular formula is C15H19BrN2O5. The van der Waals surface area contributed by atoms with Crippen molar-refractivity contribution in [1.82, 2.24) is 9.80 Å². The Morgan fingerprint density at radius 1 is 1.39 bits per heavy atom. The number of aliphatic carboxylic acids is 1. The molecule has 23 heavy (non-hydrogen) atoms. The zero-order valence-electron chi connectivity index (χ0n) is 12.8. The number of likely N-dealkylation sites (tertiary alicyclic amines) is 1. The molecule has 0 aromatic carbocycles. The standard InChI is InChI=1S/C15H19BrN2O5/c1-10(19)18(9-13(20)21)11-3-2-6-17(7-4-11)15(22)14-12(16)5-8-23-14/h5,8,11H,2-4,6-7,9H2,1H3,(H,20,21). The summed E-state index contributed by atoms with van der Waals surface area (Å²) < 4.78 is 5.82. The molecule has 0 saturated carbocycles. The fourth-order valence-corrected chi connectivity index (χ4v) is 3.20. The second kappa shape index (κ2) is 7.63. The van der Waals surface area contributed by atoms with E-state index in [4.69, 9.17) is 9.52 Å². The van der Waals surface area contributed by atoms with Gasteiger partial charge in [-0.1, -0.05) is 0 Å². The van der Waals surface area contributed by atoms with E-state index < -0.39 is 5.97 Å². The summed E-state index contributed by atoms with van der Waals surface area (Å²) in [5.74, 6) is -1.23.